The average molecular weight is 263 g/mol. The van der Waals surface area contributed by atoms with Gasteiger partial charge < -0.3 is 5.73 Å². The lowest BCUT2D eigenvalue weighted by molar-refractivity contribution is -0.119. The smallest absolute Gasteiger partial charge is 0.150 e. The number of Topliss-reactive ketones (excluding diaryl/α,β-unsaturated/α-hetero) is 1. The van der Waals surface area contributed by atoms with Gasteiger partial charge in [-0.3, -0.25) is 4.79 Å². The van der Waals surface area contributed by atoms with Crippen molar-refractivity contribution in [2.75, 3.05) is 11.5 Å². The Bertz CT molecular complexity index is 341. The number of ketones is 1. The van der Waals surface area contributed by atoms with E-state index >= 15 is 0 Å². The number of carbonyl (C=O) groups excluding carboxylic acids is 1. The zero-order chi connectivity index (χ0) is 13.7. The molecule has 1 unspecified atom stereocenters. The fourth-order valence-corrected chi connectivity index (χ4v) is 2.16. The summed E-state index contributed by atoms with van der Waals surface area (Å²) in [4.78, 5) is 11.6. The minimum absolute atomic E-state index is 0.0544. The van der Waals surface area contributed by atoms with Crippen LogP contribution >= 0.6 is 0 Å². The zero-order valence-corrected chi connectivity index (χ0v) is 12.1. The van der Waals surface area contributed by atoms with Gasteiger partial charge in [0, 0.05) is 24.6 Å². The fraction of sp³-hybridized carbons (Fsp3) is 0.917. The molecule has 0 aromatic carbocycles. The van der Waals surface area contributed by atoms with E-state index in [4.69, 9.17) is 5.73 Å². The van der Waals surface area contributed by atoms with Gasteiger partial charge in [-0.05, 0) is 11.8 Å². The molecule has 0 bridgehead atoms. The molecule has 0 saturated carbocycles. The first-order valence-electron chi connectivity index (χ1n) is 6.06. The standard InChI is InChI=1S/C12H25NO3S/c1-5-17(15,16)8-6-7-10(14)9-11(13)12(2,3)4/h11H,5-9,13H2,1-4H3. The van der Waals surface area contributed by atoms with E-state index in [9.17, 15) is 13.2 Å². The van der Waals surface area contributed by atoms with Crippen molar-refractivity contribution in [2.45, 2.75) is 53.0 Å². The van der Waals surface area contributed by atoms with Gasteiger partial charge in [0.25, 0.3) is 0 Å². The summed E-state index contributed by atoms with van der Waals surface area (Å²) in [6, 6.07) is -0.169. The minimum Gasteiger partial charge on any atom is -0.327 e. The Labute approximate surface area is 105 Å². The number of carbonyl (C=O) groups is 1. The van der Waals surface area contributed by atoms with Gasteiger partial charge in [-0.15, -0.1) is 0 Å². The van der Waals surface area contributed by atoms with Crippen LogP contribution in [0, 0.1) is 5.41 Å². The van der Waals surface area contributed by atoms with E-state index in [1.54, 1.807) is 6.92 Å². The van der Waals surface area contributed by atoms with Crippen LogP contribution in [0.4, 0.5) is 0 Å². The van der Waals surface area contributed by atoms with Gasteiger partial charge >= 0.3 is 0 Å². The molecular weight excluding hydrogens is 238 g/mol. The molecule has 0 radical (unpaired) electrons. The predicted octanol–water partition coefficient (Wildman–Crippen LogP) is 1.53. The van der Waals surface area contributed by atoms with E-state index in [2.05, 4.69) is 0 Å². The van der Waals surface area contributed by atoms with Crippen LogP contribution in [0.1, 0.15) is 47.0 Å². The van der Waals surface area contributed by atoms with Gasteiger partial charge in [-0.1, -0.05) is 27.7 Å². The first kappa shape index (κ1) is 16.6. The molecule has 0 amide bonds. The van der Waals surface area contributed by atoms with Crippen molar-refractivity contribution in [3.8, 4) is 0 Å². The lowest BCUT2D eigenvalue weighted by Crippen LogP contribution is -2.37. The molecule has 0 fully saturated rings. The van der Waals surface area contributed by atoms with Crippen LogP contribution < -0.4 is 5.73 Å². The van der Waals surface area contributed by atoms with Crippen LogP contribution in [0.15, 0.2) is 0 Å². The highest BCUT2D eigenvalue weighted by atomic mass is 32.2. The van der Waals surface area contributed by atoms with Crippen LogP contribution in [0.5, 0.6) is 0 Å². The quantitative estimate of drug-likeness (QED) is 0.755. The lowest BCUT2D eigenvalue weighted by Gasteiger charge is -2.26. The second kappa shape index (κ2) is 6.50. The summed E-state index contributed by atoms with van der Waals surface area (Å²) < 4.78 is 22.5. The monoisotopic (exact) mass is 263 g/mol. The van der Waals surface area contributed by atoms with Crippen molar-refractivity contribution in [3.63, 3.8) is 0 Å². The first-order chi connectivity index (χ1) is 7.58. The van der Waals surface area contributed by atoms with E-state index < -0.39 is 9.84 Å². The molecule has 0 rings (SSSR count). The molecular formula is C12H25NO3S. The summed E-state index contributed by atoms with van der Waals surface area (Å²) in [6.45, 7) is 7.60. The summed E-state index contributed by atoms with van der Waals surface area (Å²) in [5.41, 5.74) is 5.80. The van der Waals surface area contributed by atoms with Crippen LogP contribution in [-0.2, 0) is 14.6 Å². The first-order valence-corrected chi connectivity index (χ1v) is 7.88. The topological polar surface area (TPSA) is 77.2 Å². The maximum atomic E-state index is 11.6. The van der Waals surface area contributed by atoms with Crippen LogP contribution in [-0.4, -0.2) is 31.7 Å². The third kappa shape index (κ3) is 7.49. The maximum absolute atomic E-state index is 11.6. The van der Waals surface area contributed by atoms with Crippen LogP contribution in [0.25, 0.3) is 0 Å². The van der Waals surface area contributed by atoms with E-state index in [1.165, 1.54) is 0 Å². The fourth-order valence-electron chi connectivity index (χ4n) is 1.29. The Kier molecular flexibility index (Phi) is 6.34. The van der Waals surface area contributed by atoms with Crippen molar-refractivity contribution < 1.29 is 13.2 Å². The van der Waals surface area contributed by atoms with Crippen LogP contribution in [0.3, 0.4) is 0 Å². The van der Waals surface area contributed by atoms with Crippen molar-refractivity contribution in [1.29, 1.82) is 0 Å². The molecule has 0 aliphatic rings. The Hall–Kier alpha value is -0.420. The summed E-state index contributed by atoms with van der Waals surface area (Å²) in [5, 5.41) is 0. The van der Waals surface area contributed by atoms with Crippen molar-refractivity contribution in [3.05, 3.63) is 0 Å². The predicted molar refractivity (Wildman–Crippen MR) is 70.6 cm³/mol. The zero-order valence-electron chi connectivity index (χ0n) is 11.3. The molecule has 5 heteroatoms. The van der Waals surface area contributed by atoms with Gasteiger partial charge in [-0.2, -0.15) is 0 Å². The Morgan fingerprint density at radius 2 is 1.82 bits per heavy atom. The normalized spacial score (nSPS) is 14.6. The molecule has 102 valence electrons. The molecule has 0 aliphatic heterocycles. The summed E-state index contributed by atoms with van der Waals surface area (Å²) in [5.74, 6) is 0.293. The number of rotatable bonds is 7. The molecule has 0 spiro atoms. The van der Waals surface area contributed by atoms with Crippen molar-refractivity contribution in [1.82, 2.24) is 0 Å². The molecule has 2 N–H and O–H groups in total. The molecule has 17 heavy (non-hydrogen) atoms. The molecule has 1 atom stereocenters. The molecule has 4 nitrogen and oxygen atoms in total. The molecule has 0 aromatic heterocycles. The van der Waals surface area contributed by atoms with Crippen LogP contribution in [0.2, 0.25) is 0 Å². The van der Waals surface area contributed by atoms with E-state index in [1.807, 2.05) is 20.8 Å². The maximum Gasteiger partial charge on any atom is 0.150 e. The number of hydrogen-bond donors (Lipinski definition) is 1. The molecule has 0 saturated heterocycles. The minimum atomic E-state index is -2.96. The van der Waals surface area contributed by atoms with Gasteiger partial charge in [0.1, 0.15) is 15.6 Å². The highest BCUT2D eigenvalue weighted by Gasteiger charge is 2.23. The average Bonchev–Trinajstić information content (AvgIpc) is 2.15. The third-order valence-electron chi connectivity index (χ3n) is 2.91. The Morgan fingerprint density at radius 1 is 1.29 bits per heavy atom. The van der Waals surface area contributed by atoms with Gasteiger partial charge in [0.05, 0.1) is 5.75 Å². The van der Waals surface area contributed by atoms with E-state index in [0.29, 0.717) is 19.3 Å². The molecule has 0 aliphatic carbocycles. The summed E-state index contributed by atoms with van der Waals surface area (Å²) >= 11 is 0. The van der Waals surface area contributed by atoms with Gasteiger partial charge in [-0.25, -0.2) is 8.42 Å². The van der Waals surface area contributed by atoms with E-state index in [-0.39, 0.29) is 28.7 Å². The van der Waals surface area contributed by atoms with Gasteiger partial charge in [0.2, 0.25) is 0 Å². The summed E-state index contributed by atoms with van der Waals surface area (Å²) in [7, 11) is -2.96. The third-order valence-corrected chi connectivity index (χ3v) is 4.70. The number of sulfone groups is 1. The second-order valence-electron chi connectivity index (χ2n) is 5.56. The van der Waals surface area contributed by atoms with Crippen molar-refractivity contribution in [2.24, 2.45) is 11.1 Å². The molecule has 0 aromatic rings. The largest absolute Gasteiger partial charge is 0.327 e. The number of nitrogens with two attached hydrogens (primary N) is 1. The Balaban J connectivity index is 3.98. The lowest BCUT2D eigenvalue weighted by atomic mass is 9.84. The highest BCUT2D eigenvalue weighted by Crippen LogP contribution is 2.20. The highest BCUT2D eigenvalue weighted by molar-refractivity contribution is 7.91. The second-order valence-corrected chi connectivity index (χ2v) is 8.03. The summed E-state index contributed by atoms with van der Waals surface area (Å²) in [6.07, 6.45) is 1.05. The van der Waals surface area contributed by atoms with Gasteiger partial charge in [0.15, 0.2) is 0 Å². The number of hydrogen-bond acceptors (Lipinski definition) is 4. The Morgan fingerprint density at radius 3 is 2.24 bits per heavy atom. The molecule has 0 heterocycles. The van der Waals surface area contributed by atoms with E-state index in [0.717, 1.165) is 0 Å². The van der Waals surface area contributed by atoms with Crippen molar-refractivity contribution >= 4 is 15.6 Å². The SMILES string of the molecule is CCS(=O)(=O)CCCC(=O)CC(N)C(C)(C)C.